The van der Waals surface area contributed by atoms with Gasteiger partial charge in [-0.3, -0.25) is 5.43 Å². The summed E-state index contributed by atoms with van der Waals surface area (Å²) in [6.07, 6.45) is 0.552. The molecule has 0 aliphatic carbocycles. The zero-order valence-corrected chi connectivity index (χ0v) is 8.41. The second kappa shape index (κ2) is 3.10. The van der Waals surface area contributed by atoms with Crippen molar-refractivity contribution in [2.45, 2.75) is 26.0 Å². The Morgan fingerprint density at radius 3 is 2.50 bits per heavy atom. The van der Waals surface area contributed by atoms with Crippen molar-refractivity contribution < 1.29 is 5.11 Å². The summed E-state index contributed by atoms with van der Waals surface area (Å²) >= 11 is 0. The maximum atomic E-state index is 9.66. The molecule has 1 atom stereocenters. The van der Waals surface area contributed by atoms with E-state index in [1.165, 1.54) is 5.56 Å². The molecular formula is C11H14N2O. The molecule has 3 nitrogen and oxygen atoms in total. The highest BCUT2D eigenvalue weighted by molar-refractivity contribution is 6.01. The zero-order chi connectivity index (χ0) is 10.2. The van der Waals surface area contributed by atoms with Gasteiger partial charge in [-0.1, -0.05) is 29.8 Å². The molecule has 0 radical (unpaired) electrons. The van der Waals surface area contributed by atoms with Gasteiger partial charge in [0, 0.05) is 6.42 Å². The molecule has 2 N–H and O–H groups in total. The van der Waals surface area contributed by atoms with Gasteiger partial charge in [-0.05, 0) is 19.4 Å². The number of hydrogen-bond donors (Lipinski definition) is 2. The molecule has 74 valence electrons. The highest BCUT2D eigenvalue weighted by atomic mass is 16.3. The Morgan fingerprint density at radius 1 is 1.36 bits per heavy atom. The van der Waals surface area contributed by atoms with Crippen LogP contribution in [0.15, 0.2) is 29.4 Å². The predicted octanol–water partition coefficient (Wildman–Crippen LogP) is 1.40. The monoisotopic (exact) mass is 190 g/mol. The van der Waals surface area contributed by atoms with Crippen molar-refractivity contribution in [1.82, 2.24) is 5.43 Å². The number of hydrazone groups is 1. The summed E-state index contributed by atoms with van der Waals surface area (Å²) in [5.41, 5.74) is 5.02. The van der Waals surface area contributed by atoms with Gasteiger partial charge in [0.2, 0.25) is 0 Å². The van der Waals surface area contributed by atoms with Crippen LogP contribution in [0.1, 0.15) is 24.5 Å². The number of rotatable bonds is 1. The van der Waals surface area contributed by atoms with E-state index in [1.807, 2.05) is 24.3 Å². The number of aryl methyl sites for hydroxylation is 1. The molecule has 1 heterocycles. The Hall–Kier alpha value is -1.35. The molecule has 0 fully saturated rings. The smallest absolute Gasteiger partial charge is 0.153 e. The van der Waals surface area contributed by atoms with Crippen molar-refractivity contribution in [3.05, 3.63) is 35.4 Å². The molecule has 1 aromatic carbocycles. The Bertz CT molecular complexity index is 365. The summed E-state index contributed by atoms with van der Waals surface area (Å²) in [6.45, 7) is 3.77. The van der Waals surface area contributed by atoms with Crippen LogP contribution < -0.4 is 5.43 Å². The van der Waals surface area contributed by atoms with E-state index in [4.69, 9.17) is 0 Å². The predicted molar refractivity (Wildman–Crippen MR) is 56.1 cm³/mol. The van der Waals surface area contributed by atoms with Crippen LogP contribution in [-0.4, -0.2) is 16.5 Å². The van der Waals surface area contributed by atoms with Crippen molar-refractivity contribution >= 4 is 5.71 Å². The van der Waals surface area contributed by atoms with E-state index >= 15 is 0 Å². The topological polar surface area (TPSA) is 44.6 Å². The fraction of sp³-hybridized carbons (Fsp3) is 0.364. The van der Waals surface area contributed by atoms with Crippen molar-refractivity contribution in [1.29, 1.82) is 0 Å². The SMILES string of the molecule is Cc1ccc(C2=NNC(C)(O)C2)cc1. The second-order valence-corrected chi connectivity index (χ2v) is 3.99. The van der Waals surface area contributed by atoms with Crippen LogP contribution in [0.4, 0.5) is 0 Å². The Kier molecular flexibility index (Phi) is 2.04. The van der Waals surface area contributed by atoms with Crippen LogP contribution in [-0.2, 0) is 0 Å². The van der Waals surface area contributed by atoms with Crippen molar-refractivity contribution in [2.24, 2.45) is 5.10 Å². The molecule has 0 spiro atoms. The lowest BCUT2D eigenvalue weighted by Crippen LogP contribution is -2.34. The van der Waals surface area contributed by atoms with Crippen molar-refractivity contribution in [2.75, 3.05) is 0 Å². The van der Waals surface area contributed by atoms with Gasteiger partial charge < -0.3 is 5.11 Å². The third kappa shape index (κ3) is 1.77. The minimum atomic E-state index is -0.889. The normalized spacial score (nSPS) is 25.8. The number of nitrogens with zero attached hydrogens (tertiary/aromatic N) is 1. The molecule has 3 heteroatoms. The lowest BCUT2D eigenvalue weighted by atomic mass is 10.0. The van der Waals surface area contributed by atoms with E-state index in [0.29, 0.717) is 6.42 Å². The summed E-state index contributed by atoms with van der Waals surface area (Å²) in [6, 6.07) is 8.14. The van der Waals surface area contributed by atoms with E-state index in [1.54, 1.807) is 6.92 Å². The highest BCUT2D eigenvalue weighted by Crippen LogP contribution is 2.18. The first-order valence-electron chi connectivity index (χ1n) is 4.70. The Balaban J connectivity index is 2.22. The lowest BCUT2D eigenvalue weighted by molar-refractivity contribution is 0.0431. The van der Waals surface area contributed by atoms with Gasteiger partial charge >= 0.3 is 0 Å². The van der Waals surface area contributed by atoms with Crippen LogP contribution in [0.5, 0.6) is 0 Å². The molecule has 1 aliphatic heterocycles. The van der Waals surface area contributed by atoms with Gasteiger partial charge in [0.05, 0.1) is 5.71 Å². The quantitative estimate of drug-likeness (QED) is 0.703. The van der Waals surface area contributed by atoms with E-state index in [9.17, 15) is 5.11 Å². The first kappa shape index (κ1) is 9.21. The van der Waals surface area contributed by atoms with Crippen LogP contribution in [0, 0.1) is 6.92 Å². The molecule has 0 saturated heterocycles. The van der Waals surface area contributed by atoms with E-state index < -0.39 is 5.72 Å². The van der Waals surface area contributed by atoms with E-state index in [-0.39, 0.29) is 0 Å². The summed E-state index contributed by atoms with van der Waals surface area (Å²) in [4.78, 5) is 0. The molecule has 0 bridgehead atoms. The third-order valence-corrected chi connectivity index (χ3v) is 2.33. The van der Waals surface area contributed by atoms with Crippen LogP contribution in [0.3, 0.4) is 0 Å². The fourth-order valence-corrected chi connectivity index (χ4v) is 1.51. The van der Waals surface area contributed by atoms with Gasteiger partial charge in [-0.15, -0.1) is 0 Å². The van der Waals surface area contributed by atoms with Crippen molar-refractivity contribution in [3.8, 4) is 0 Å². The molecule has 0 saturated carbocycles. The standard InChI is InChI=1S/C11H14N2O/c1-8-3-5-9(6-4-8)10-7-11(2,14)13-12-10/h3-6,13-14H,7H2,1-2H3. The minimum Gasteiger partial charge on any atom is -0.370 e. The molecular weight excluding hydrogens is 176 g/mol. The Morgan fingerprint density at radius 2 is 2.00 bits per heavy atom. The highest BCUT2D eigenvalue weighted by Gasteiger charge is 2.28. The molecule has 2 rings (SSSR count). The first-order chi connectivity index (χ1) is 6.57. The maximum Gasteiger partial charge on any atom is 0.153 e. The molecule has 1 unspecified atom stereocenters. The van der Waals surface area contributed by atoms with Crippen LogP contribution >= 0.6 is 0 Å². The van der Waals surface area contributed by atoms with Crippen LogP contribution in [0.2, 0.25) is 0 Å². The number of aliphatic hydroxyl groups is 1. The Labute approximate surface area is 83.5 Å². The molecule has 0 amide bonds. The van der Waals surface area contributed by atoms with E-state index in [2.05, 4.69) is 17.5 Å². The third-order valence-electron chi connectivity index (χ3n) is 2.33. The van der Waals surface area contributed by atoms with Crippen LogP contribution in [0.25, 0.3) is 0 Å². The zero-order valence-electron chi connectivity index (χ0n) is 8.41. The molecule has 1 aliphatic rings. The maximum absolute atomic E-state index is 9.66. The number of hydrogen-bond acceptors (Lipinski definition) is 3. The fourth-order valence-electron chi connectivity index (χ4n) is 1.51. The largest absolute Gasteiger partial charge is 0.370 e. The van der Waals surface area contributed by atoms with Crippen molar-refractivity contribution in [3.63, 3.8) is 0 Å². The lowest BCUT2D eigenvalue weighted by Gasteiger charge is -2.14. The first-order valence-corrected chi connectivity index (χ1v) is 4.70. The number of nitrogens with one attached hydrogen (secondary N) is 1. The molecule has 0 aromatic heterocycles. The minimum absolute atomic E-state index is 0.552. The van der Waals surface area contributed by atoms with E-state index in [0.717, 1.165) is 11.3 Å². The summed E-state index contributed by atoms with van der Waals surface area (Å²) in [5.74, 6) is 0. The van der Waals surface area contributed by atoms with Gasteiger partial charge in [0.1, 0.15) is 0 Å². The second-order valence-electron chi connectivity index (χ2n) is 3.99. The van der Waals surface area contributed by atoms with Gasteiger partial charge in [0.25, 0.3) is 0 Å². The summed E-state index contributed by atoms with van der Waals surface area (Å²) in [5, 5.41) is 13.8. The molecule has 1 aromatic rings. The van der Waals surface area contributed by atoms with Gasteiger partial charge in [0.15, 0.2) is 5.72 Å². The average molecular weight is 190 g/mol. The van der Waals surface area contributed by atoms with Gasteiger partial charge in [-0.2, -0.15) is 5.10 Å². The number of benzene rings is 1. The average Bonchev–Trinajstić information content (AvgIpc) is 2.47. The van der Waals surface area contributed by atoms with Gasteiger partial charge in [-0.25, -0.2) is 0 Å². The molecule has 14 heavy (non-hydrogen) atoms. The summed E-state index contributed by atoms with van der Waals surface area (Å²) < 4.78 is 0. The summed E-state index contributed by atoms with van der Waals surface area (Å²) in [7, 11) is 0.